The summed E-state index contributed by atoms with van der Waals surface area (Å²) >= 11 is 6.01. The Labute approximate surface area is 235 Å². The zero-order valence-electron chi connectivity index (χ0n) is 23.3. The molecule has 1 aliphatic heterocycles. The lowest BCUT2D eigenvalue weighted by molar-refractivity contribution is -0.156. The number of nitrogens with one attached hydrogen (secondary N) is 2. The van der Waals surface area contributed by atoms with E-state index in [2.05, 4.69) is 10.6 Å². The highest BCUT2D eigenvalue weighted by Gasteiger charge is 2.50. The molecule has 13 heteroatoms. The Kier molecular flexibility index (Phi) is 10.4. The van der Waals surface area contributed by atoms with Crippen molar-refractivity contribution in [1.29, 1.82) is 0 Å². The van der Waals surface area contributed by atoms with Crippen molar-refractivity contribution in [1.82, 2.24) is 15.5 Å². The van der Waals surface area contributed by atoms with Gasteiger partial charge in [0.15, 0.2) is 0 Å². The first-order valence-corrected chi connectivity index (χ1v) is 14.7. The number of likely N-dealkylation sites (tertiary alicyclic amines) is 1. The minimum absolute atomic E-state index is 0.111. The van der Waals surface area contributed by atoms with Crippen LogP contribution < -0.4 is 10.6 Å². The topological polar surface area (TPSA) is 162 Å². The van der Waals surface area contributed by atoms with Crippen molar-refractivity contribution >= 4 is 39.6 Å². The SMILES string of the molecule is CC(C)[C@@H](NC(=O)NCC(C)(C)OC(=O)CCS(=O)(=O)O)C(=O)N1CC[C@](O)(c2ccc(Cl)cc2)C(C)(C)C1. The zero-order chi connectivity index (χ0) is 29.8. The van der Waals surface area contributed by atoms with Crippen LogP contribution in [0, 0.1) is 11.3 Å². The average Bonchev–Trinajstić information content (AvgIpc) is 2.81. The largest absolute Gasteiger partial charge is 0.458 e. The fourth-order valence-electron chi connectivity index (χ4n) is 4.57. The third-order valence-corrected chi connectivity index (χ3v) is 7.90. The Hall–Kier alpha value is -2.41. The molecular weight excluding hydrogens is 550 g/mol. The molecule has 39 heavy (non-hydrogen) atoms. The molecule has 0 aromatic heterocycles. The first-order valence-electron chi connectivity index (χ1n) is 12.7. The van der Waals surface area contributed by atoms with Gasteiger partial charge < -0.3 is 25.4 Å². The van der Waals surface area contributed by atoms with Crippen LogP contribution in [0.2, 0.25) is 5.02 Å². The molecule has 1 aromatic carbocycles. The third kappa shape index (κ3) is 9.06. The van der Waals surface area contributed by atoms with Crippen molar-refractivity contribution in [2.75, 3.05) is 25.4 Å². The molecule has 2 atom stereocenters. The summed E-state index contributed by atoms with van der Waals surface area (Å²) in [4.78, 5) is 39.7. The van der Waals surface area contributed by atoms with E-state index in [4.69, 9.17) is 20.9 Å². The second kappa shape index (κ2) is 12.4. The van der Waals surface area contributed by atoms with E-state index in [1.807, 2.05) is 27.7 Å². The number of hydrogen-bond donors (Lipinski definition) is 4. The fraction of sp³-hybridized carbons (Fsp3) is 0.654. The highest BCUT2D eigenvalue weighted by atomic mass is 35.5. The van der Waals surface area contributed by atoms with Gasteiger partial charge in [0.1, 0.15) is 11.6 Å². The summed E-state index contributed by atoms with van der Waals surface area (Å²) in [5.41, 5.74) is -2.31. The lowest BCUT2D eigenvalue weighted by Crippen LogP contribution is -2.61. The summed E-state index contributed by atoms with van der Waals surface area (Å²) in [6, 6.07) is 5.54. The van der Waals surface area contributed by atoms with E-state index in [0.717, 1.165) is 5.56 Å². The number of esters is 1. The Bertz CT molecular complexity index is 1150. The molecule has 0 unspecified atom stereocenters. The summed E-state index contributed by atoms with van der Waals surface area (Å²) in [7, 11) is -4.30. The number of hydrogen-bond acceptors (Lipinski definition) is 7. The maximum absolute atomic E-state index is 13.5. The van der Waals surface area contributed by atoms with E-state index < -0.39 is 57.0 Å². The molecule has 2 rings (SSSR count). The number of piperidine rings is 1. The second-order valence-corrected chi connectivity index (χ2v) is 13.6. The summed E-state index contributed by atoms with van der Waals surface area (Å²) in [6.07, 6.45) is -0.223. The van der Waals surface area contributed by atoms with E-state index >= 15 is 0 Å². The maximum atomic E-state index is 13.5. The van der Waals surface area contributed by atoms with Crippen LogP contribution >= 0.6 is 11.6 Å². The molecule has 1 aliphatic rings. The third-order valence-electron chi connectivity index (χ3n) is 6.93. The number of benzene rings is 1. The first kappa shape index (κ1) is 32.8. The normalized spacial score (nSPS) is 20.3. The molecule has 1 aromatic rings. The van der Waals surface area contributed by atoms with Crippen LogP contribution in [0.5, 0.6) is 0 Å². The molecule has 0 spiro atoms. The van der Waals surface area contributed by atoms with E-state index in [0.29, 0.717) is 18.0 Å². The van der Waals surface area contributed by atoms with E-state index in [-0.39, 0.29) is 24.9 Å². The fourth-order valence-corrected chi connectivity index (χ4v) is 5.12. The molecule has 1 saturated heterocycles. The van der Waals surface area contributed by atoms with Crippen LogP contribution in [0.3, 0.4) is 0 Å². The van der Waals surface area contributed by atoms with Crippen molar-refractivity contribution in [3.8, 4) is 0 Å². The number of halogens is 1. The van der Waals surface area contributed by atoms with Gasteiger partial charge in [0.25, 0.3) is 10.1 Å². The van der Waals surface area contributed by atoms with Crippen LogP contribution in [0.15, 0.2) is 24.3 Å². The second-order valence-electron chi connectivity index (χ2n) is 11.6. The Morgan fingerprint density at radius 1 is 1.18 bits per heavy atom. The Morgan fingerprint density at radius 2 is 1.77 bits per heavy atom. The van der Waals surface area contributed by atoms with Gasteiger partial charge in [-0.05, 0) is 43.9 Å². The van der Waals surface area contributed by atoms with Gasteiger partial charge in [0.05, 0.1) is 24.3 Å². The van der Waals surface area contributed by atoms with Crippen LogP contribution in [0.1, 0.15) is 59.9 Å². The minimum Gasteiger partial charge on any atom is -0.458 e. The zero-order valence-corrected chi connectivity index (χ0v) is 24.9. The van der Waals surface area contributed by atoms with Crippen LogP contribution in [-0.2, 0) is 30.0 Å². The lowest BCUT2D eigenvalue weighted by Gasteiger charge is -2.51. The van der Waals surface area contributed by atoms with Crippen LogP contribution in [-0.4, -0.2) is 77.9 Å². The van der Waals surface area contributed by atoms with Gasteiger partial charge in [-0.1, -0.05) is 51.4 Å². The minimum atomic E-state index is -4.30. The molecule has 220 valence electrons. The summed E-state index contributed by atoms with van der Waals surface area (Å²) in [5, 5.41) is 17.4. The van der Waals surface area contributed by atoms with Crippen molar-refractivity contribution in [3.05, 3.63) is 34.9 Å². The van der Waals surface area contributed by atoms with Gasteiger partial charge in [0, 0.05) is 23.5 Å². The molecule has 0 aliphatic carbocycles. The highest BCUT2D eigenvalue weighted by Crippen LogP contribution is 2.46. The first-order chi connectivity index (χ1) is 17.8. The van der Waals surface area contributed by atoms with E-state index in [1.165, 1.54) is 13.8 Å². The number of amides is 3. The number of ether oxygens (including phenoxy) is 1. The predicted octanol–water partition coefficient (Wildman–Crippen LogP) is 2.71. The Balaban J connectivity index is 2.00. The predicted molar refractivity (Wildman–Crippen MR) is 147 cm³/mol. The lowest BCUT2D eigenvalue weighted by atomic mass is 9.66. The van der Waals surface area contributed by atoms with Gasteiger partial charge in [-0.15, -0.1) is 0 Å². The molecule has 3 amide bonds. The number of urea groups is 1. The summed E-state index contributed by atoms with van der Waals surface area (Å²) in [6.45, 7) is 10.9. The molecule has 1 fully saturated rings. The van der Waals surface area contributed by atoms with E-state index in [9.17, 15) is 27.9 Å². The van der Waals surface area contributed by atoms with E-state index in [1.54, 1.807) is 29.2 Å². The summed E-state index contributed by atoms with van der Waals surface area (Å²) < 4.78 is 35.6. The van der Waals surface area contributed by atoms with Crippen molar-refractivity contribution in [3.63, 3.8) is 0 Å². The molecule has 0 saturated carbocycles. The van der Waals surface area contributed by atoms with Crippen molar-refractivity contribution in [2.45, 2.75) is 71.6 Å². The molecule has 11 nitrogen and oxygen atoms in total. The molecular formula is C26H40ClN3O8S. The molecule has 0 bridgehead atoms. The van der Waals surface area contributed by atoms with Crippen molar-refractivity contribution in [2.24, 2.45) is 11.3 Å². The average molecular weight is 590 g/mol. The van der Waals surface area contributed by atoms with Gasteiger partial charge in [0.2, 0.25) is 5.91 Å². The number of carbonyl (C=O) groups is 3. The maximum Gasteiger partial charge on any atom is 0.315 e. The quantitative estimate of drug-likeness (QED) is 0.239. The number of carbonyl (C=O) groups excluding carboxylic acids is 3. The van der Waals surface area contributed by atoms with Gasteiger partial charge in [-0.3, -0.25) is 14.1 Å². The Morgan fingerprint density at radius 3 is 2.28 bits per heavy atom. The smallest absolute Gasteiger partial charge is 0.315 e. The van der Waals surface area contributed by atoms with Gasteiger partial charge >= 0.3 is 12.0 Å². The molecule has 0 radical (unpaired) electrons. The molecule has 1 heterocycles. The highest BCUT2D eigenvalue weighted by molar-refractivity contribution is 7.85. The monoisotopic (exact) mass is 589 g/mol. The number of aliphatic hydroxyl groups is 1. The summed E-state index contributed by atoms with van der Waals surface area (Å²) in [5.74, 6) is -2.13. The number of nitrogens with zero attached hydrogens (tertiary/aromatic N) is 1. The standard InChI is InChI=1S/C26H40ClN3O8S/c1-17(2)21(29-23(33)28-15-25(5,6)38-20(31)11-14-39(35,36)37)22(32)30-13-12-26(34,24(3,4)16-30)18-7-9-19(27)10-8-18/h7-10,17,21,34H,11-16H2,1-6H3,(H2,28,29,33)(H,35,36,37)/t21-,26+/m1/s1. The molecule has 4 N–H and O–H groups in total. The van der Waals surface area contributed by atoms with Crippen LogP contribution in [0.4, 0.5) is 4.79 Å². The van der Waals surface area contributed by atoms with Gasteiger partial charge in [-0.2, -0.15) is 8.42 Å². The number of rotatable bonds is 10. The van der Waals surface area contributed by atoms with Gasteiger partial charge in [-0.25, -0.2) is 4.79 Å². The van der Waals surface area contributed by atoms with Crippen molar-refractivity contribution < 1.29 is 37.2 Å². The van der Waals surface area contributed by atoms with Crippen LogP contribution in [0.25, 0.3) is 0 Å².